The van der Waals surface area contributed by atoms with E-state index >= 15 is 0 Å². The fourth-order valence-corrected chi connectivity index (χ4v) is 2.49. The molecule has 1 aromatic carbocycles. The maximum absolute atomic E-state index is 5.58. The first-order valence-electron chi connectivity index (χ1n) is 5.09. The Kier molecular flexibility index (Phi) is 2.18. The van der Waals surface area contributed by atoms with E-state index in [0.29, 0.717) is 0 Å². The van der Waals surface area contributed by atoms with E-state index in [-0.39, 0.29) is 0 Å². The minimum atomic E-state index is 0.851. The smallest absolute Gasteiger partial charge is 0.123 e. The minimum absolute atomic E-state index is 0.851. The van der Waals surface area contributed by atoms with E-state index in [2.05, 4.69) is 23.2 Å². The van der Waals surface area contributed by atoms with Crippen molar-refractivity contribution in [1.29, 1.82) is 0 Å². The Balaban J connectivity index is 2.04. The third-order valence-corrected chi connectivity index (χ3v) is 3.41. The first-order valence-corrected chi connectivity index (χ1v) is 5.97. The highest BCUT2D eigenvalue weighted by atomic mass is 32.1. The lowest BCUT2D eigenvalue weighted by molar-refractivity contribution is 0.288. The summed E-state index contributed by atoms with van der Waals surface area (Å²) in [5, 5.41) is 3.09. The van der Waals surface area contributed by atoms with Crippen molar-refractivity contribution in [1.82, 2.24) is 4.98 Å². The average molecular weight is 217 g/mol. The fourth-order valence-electron chi connectivity index (χ4n) is 1.86. The summed E-state index contributed by atoms with van der Waals surface area (Å²) in [6, 6.07) is 6.35. The molecule has 0 fully saturated rings. The third kappa shape index (κ3) is 1.63. The molecule has 0 aliphatic carbocycles. The Morgan fingerprint density at radius 3 is 3.20 bits per heavy atom. The van der Waals surface area contributed by atoms with Gasteiger partial charge in [-0.25, -0.2) is 4.98 Å². The predicted molar refractivity (Wildman–Crippen MR) is 61.4 cm³/mol. The number of hydrogen-bond donors (Lipinski definition) is 0. The lowest BCUT2D eigenvalue weighted by atomic mass is 10.0. The zero-order chi connectivity index (χ0) is 10.1. The van der Waals surface area contributed by atoms with Crippen LogP contribution in [0.4, 0.5) is 0 Å². The van der Waals surface area contributed by atoms with Crippen molar-refractivity contribution in [3.8, 4) is 16.3 Å². The summed E-state index contributed by atoms with van der Waals surface area (Å²) in [6.45, 7) is 0.851. The molecule has 1 aliphatic heterocycles. The van der Waals surface area contributed by atoms with Crippen molar-refractivity contribution in [2.75, 3.05) is 6.61 Å². The second-order valence-electron chi connectivity index (χ2n) is 3.61. The number of ether oxygens (including phenoxy) is 1. The normalized spacial score (nSPS) is 14.4. The molecule has 0 N–H and O–H groups in total. The molecule has 3 rings (SSSR count). The molecular weight excluding hydrogens is 206 g/mol. The number of thiazole rings is 1. The van der Waals surface area contributed by atoms with Crippen molar-refractivity contribution in [3.63, 3.8) is 0 Å². The van der Waals surface area contributed by atoms with Gasteiger partial charge in [0, 0.05) is 17.1 Å². The van der Waals surface area contributed by atoms with Gasteiger partial charge < -0.3 is 4.74 Å². The molecule has 3 heteroatoms. The second kappa shape index (κ2) is 3.66. The molecule has 76 valence electrons. The van der Waals surface area contributed by atoms with Crippen molar-refractivity contribution < 1.29 is 4.74 Å². The van der Waals surface area contributed by atoms with Crippen molar-refractivity contribution in [2.24, 2.45) is 0 Å². The molecule has 0 saturated heterocycles. The van der Waals surface area contributed by atoms with Gasteiger partial charge in [-0.3, -0.25) is 0 Å². The number of rotatable bonds is 1. The monoisotopic (exact) mass is 217 g/mol. The van der Waals surface area contributed by atoms with Gasteiger partial charge in [0.25, 0.3) is 0 Å². The predicted octanol–water partition coefficient (Wildman–Crippen LogP) is 3.14. The van der Waals surface area contributed by atoms with Crippen molar-refractivity contribution in [2.45, 2.75) is 12.8 Å². The largest absolute Gasteiger partial charge is 0.493 e. The highest BCUT2D eigenvalue weighted by Gasteiger charge is 2.11. The molecule has 0 atom stereocenters. The quantitative estimate of drug-likeness (QED) is 0.732. The number of nitrogens with zero attached hydrogens (tertiary/aromatic N) is 1. The van der Waals surface area contributed by atoms with Crippen LogP contribution in [0.25, 0.3) is 10.6 Å². The van der Waals surface area contributed by atoms with E-state index in [1.54, 1.807) is 11.3 Å². The molecule has 0 radical (unpaired) electrons. The molecule has 0 spiro atoms. The van der Waals surface area contributed by atoms with Gasteiger partial charge in [0.1, 0.15) is 10.8 Å². The molecule has 2 nitrogen and oxygen atoms in total. The van der Waals surface area contributed by atoms with Crippen LogP contribution in [-0.2, 0) is 6.42 Å². The van der Waals surface area contributed by atoms with Gasteiger partial charge in [0.2, 0.25) is 0 Å². The van der Waals surface area contributed by atoms with E-state index in [9.17, 15) is 0 Å². The van der Waals surface area contributed by atoms with Gasteiger partial charge in [0.15, 0.2) is 0 Å². The maximum atomic E-state index is 5.58. The second-order valence-corrected chi connectivity index (χ2v) is 4.51. The Morgan fingerprint density at radius 1 is 1.33 bits per heavy atom. The SMILES string of the molecule is c1csc(-c2ccc3c(c2)CCCO3)n1. The number of aryl methyl sites for hydroxylation is 1. The van der Waals surface area contributed by atoms with Crippen LogP contribution in [0.3, 0.4) is 0 Å². The third-order valence-electron chi connectivity index (χ3n) is 2.59. The van der Waals surface area contributed by atoms with Crippen LogP contribution >= 0.6 is 11.3 Å². The highest BCUT2D eigenvalue weighted by molar-refractivity contribution is 7.13. The van der Waals surface area contributed by atoms with Gasteiger partial charge in [-0.15, -0.1) is 11.3 Å². The molecule has 2 heterocycles. The molecule has 15 heavy (non-hydrogen) atoms. The Hall–Kier alpha value is -1.35. The van der Waals surface area contributed by atoms with E-state index in [1.807, 2.05) is 11.6 Å². The van der Waals surface area contributed by atoms with Crippen LogP contribution in [0.2, 0.25) is 0 Å². The van der Waals surface area contributed by atoms with Gasteiger partial charge in [-0.1, -0.05) is 0 Å². The minimum Gasteiger partial charge on any atom is -0.493 e. The van der Waals surface area contributed by atoms with Crippen molar-refractivity contribution in [3.05, 3.63) is 35.3 Å². The van der Waals surface area contributed by atoms with Crippen LogP contribution in [0.15, 0.2) is 29.8 Å². The molecule has 0 amide bonds. The summed E-state index contributed by atoms with van der Waals surface area (Å²) in [4.78, 5) is 4.31. The van der Waals surface area contributed by atoms with Crippen molar-refractivity contribution >= 4 is 11.3 Å². The van der Waals surface area contributed by atoms with E-state index in [1.165, 1.54) is 11.1 Å². The van der Waals surface area contributed by atoms with Gasteiger partial charge in [-0.05, 0) is 36.6 Å². The zero-order valence-corrected chi connectivity index (χ0v) is 9.09. The summed E-state index contributed by atoms with van der Waals surface area (Å²) >= 11 is 1.67. The molecule has 1 aliphatic rings. The van der Waals surface area contributed by atoms with Crippen LogP contribution in [0.1, 0.15) is 12.0 Å². The van der Waals surface area contributed by atoms with E-state index in [4.69, 9.17) is 4.74 Å². The standard InChI is InChI=1S/C12H11NOS/c1-2-9-8-10(12-13-5-7-15-12)3-4-11(9)14-6-1/h3-5,7-8H,1-2,6H2. The number of benzene rings is 1. The maximum Gasteiger partial charge on any atom is 0.123 e. The Bertz CT molecular complexity index is 464. The zero-order valence-electron chi connectivity index (χ0n) is 8.27. The molecule has 1 aromatic heterocycles. The summed E-state index contributed by atoms with van der Waals surface area (Å²) in [6.07, 6.45) is 4.08. The van der Waals surface area contributed by atoms with Crippen LogP contribution < -0.4 is 4.74 Å². The van der Waals surface area contributed by atoms with E-state index < -0.39 is 0 Å². The van der Waals surface area contributed by atoms with Gasteiger partial charge >= 0.3 is 0 Å². The highest BCUT2D eigenvalue weighted by Crippen LogP contribution is 2.30. The lowest BCUT2D eigenvalue weighted by Crippen LogP contribution is -2.07. The van der Waals surface area contributed by atoms with Crippen LogP contribution in [0.5, 0.6) is 5.75 Å². The fraction of sp³-hybridized carbons (Fsp3) is 0.250. The molecule has 0 unspecified atom stereocenters. The number of aromatic nitrogens is 1. The molecule has 0 saturated carbocycles. The summed E-state index contributed by atoms with van der Waals surface area (Å²) < 4.78 is 5.58. The average Bonchev–Trinajstić information content (AvgIpc) is 2.82. The lowest BCUT2D eigenvalue weighted by Gasteiger charge is -2.17. The summed E-state index contributed by atoms with van der Waals surface area (Å²) in [7, 11) is 0. The van der Waals surface area contributed by atoms with Gasteiger partial charge in [-0.2, -0.15) is 0 Å². The Labute approximate surface area is 92.6 Å². The number of hydrogen-bond acceptors (Lipinski definition) is 3. The summed E-state index contributed by atoms with van der Waals surface area (Å²) in [5.41, 5.74) is 2.52. The first-order chi connectivity index (χ1) is 7.43. The number of fused-ring (bicyclic) bond motifs is 1. The summed E-state index contributed by atoms with van der Waals surface area (Å²) in [5.74, 6) is 1.04. The van der Waals surface area contributed by atoms with E-state index in [0.717, 1.165) is 30.2 Å². The van der Waals surface area contributed by atoms with Gasteiger partial charge in [0.05, 0.1) is 6.61 Å². The topological polar surface area (TPSA) is 22.1 Å². The molecular formula is C12H11NOS. The Morgan fingerprint density at radius 2 is 2.33 bits per heavy atom. The van der Waals surface area contributed by atoms with Crippen LogP contribution in [0, 0.1) is 0 Å². The molecule has 2 aromatic rings. The van der Waals surface area contributed by atoms with Crippen LogP contribution in [-0.4, -0.2) is 11.6 Å². The molecule has 0 bridgehead atoms. The first kappa shape index (κ1) is 8.92.